The van der Waals surface area contributed by atoms with Crippen molar-refractivity contribution in [2.24, 2.45) is 5.92 Å². The standard InChI is InChI=1S/C31H31N5O2/c37-29-11-5-4-10-27(29)28-19-31(36-30(34-28)16-17-33-36)32-20-24-7-6-18-35(22-24)21-23-12-14-26(15-13-23)38-25-8-2-1-3-9-25/h1-5,8-17,19,24,32,37H,6-7,18,20-22H2. The van der Waals surface area contributed by atoms with Gasteiger partial charge in [0.1, 0.15) is 23.1 Å². The molecule has 0 aliphatic carbocycles. The smallest absolute Gasteiger partial charge is 0.157 e. The molecule has 6 rings (SSSR count). The molecule has 3 aromatic carbocycles. The van der Waals surface area contributed by atoms with Crippen LogP contribution in [0.15, 0.2) is 97.2 Å². The number of para-hydroxylation sites is 2. The molecule has 1 aliphatic rings. The van der Waals surface area contributed by atoms with Crippen LogP contribution in [-0.4, -0.2) is 44.2 Å². The van der Waals surface area contributed by atoms with Crippen LogP contribution in [0.5, 0.6) is 17.2 Å². The van der Waals surface area contributed by atoms with Gasteiger partial charge in [0.05, 0.1) is 11.9 Å². The molecule has 0 bridgehead atoms. The fourth-order valence-electron chi connectivity index (χ4n) is 5.12. The lowest BCUT2D eigenvalue weighted by Crippen LogP contribution is -2.37. The van der Waals surface area contributed by atoms with E-state index in [0.29, 0.717) is 11.5 Å². The van der Waals surface area contributed by atoms with Gasteiger partial charge < -0.3 is 15.2 Å². The van der Waals surface area contributed by atoms with Crippen LogP contribution in [0.2, 0.25) is 0 Å². The van der Waals surface area contributed by atoms with Gasteiger partial charge in [0, 0.05) is 37.3 Å². The first kappa shape index (κ1) is 24.0. The topological polar surface area (TPSA) is 74.9 Å². The van der Waals surface area contributed by atoms with Crippen molar-refractivity contribution in [2.75, 3.05) is 25.0 Å². The van der Waals surface area contributed by atoms with E-state index in [1.807, 2.05) is 77.3 Å². The summed E-state index contributed by atoms with van der Waals surface area (Å²) in [6, 6.07) is 29.4. The third kappa shape index (κ3) is 5.48. The molecule has 38 heavy (non-hydrogen) atoms. The predicted molar refractivity (Wildman–Crippen MR) is 150 cm³/mol. The van der Waals surface area contributed by atoms with Crippen molar-refractivity contribution >= 4 is 11.5 Å². The fraction of sp³-hybridized carbons (Fsp3) is 0.226. The average molecular weight is 506 g/mol. The van der Waals surface area contributed by atoms with Gasteiger partial charge in [-0.15, -0.1) is 0 Å². The SMILES string of the molecule is Oc1ccccc1-c1cc(NCC2CCCN(Cc3ccc(Oc4ccccc4)cc3)C2)n2nccc2n1. The van der Waals surface area contributed by atoms with E-state index in [0.717, 1.165) is 54.8 Å². The summed E-state index contributed by atoms with van der Waals surface area (Å²) in [5.41, 5.74) is 3.48. The van der Waals surface area contributed by atoms with Gasteiger partial charge in [0.15, 0.2) is 5.65 Å². The first-order chi connectivity index (χ1) is 18.7. The Morgan fingerprint density at radius 3 is 2.55 bits per heavy atom. The lowest BCUT2D eigenvalue weighted by molar-refractivity contribution is 0.173. The Kier molecular flexibility index (Phi) is 6.91. The predicted octanol–water partition coefficient (Wildman–Crippen LogP) is 6.22. The van der Waals surface area contributed by atoms with Crippen LogP contribution in [0, 0.1) is 5.92 Å². The average Bonchev–Trinajstić information content (AvgIpc) is 3.43. The quantitative estimate of drug-likeness (QED) is 0.261. The molecule has 1 saturated heterocycles. The van der Waals surface area contributed by atoms with Gasteiger partial charge in [-0.25, -0.2) is 4.98 Å². The monoisotopic (exact) mass is 505 g/mol. The number of nitrogens with zero attached hydrogens (tertiary/aromatic N) is 4. The van der Waals surface area contributed by atoms with Crippen molar-refractivity contribution < 1.29 is 9.84 Å². The Balaban J connectivity index is 1.09. The fourth-order valence-corrected chi connectivity index (χ4v) is 5.12. The van der Waals surface area contributed by atoms with E-state index in [1.54, 1.807) is 12.3 Å². The molecule has 1 atom stereocenters. The minimum absolute atomic E-state index is 0.220. The highest BCUT2D eigenvalue weighted by molar-refractivity contribution is 5.71. The summed E-state index contributed by atoms with van der Waals surface area (Å²) in [7, 11) is 0. The van der Waals surface area contributed by atoms with Crippen LogP contribution in [0.1, 0.15) is 18.4 Å². The number of ether oxygens (including phenoxy) is 1. The molecule has 1 fully saturated rings. The number of piperidine rings is 1. The maximum absolute atomic E-state index is 10.3. The van der Waals surface area contributed by atoms with Crippen molar-refractivity contribution in [1.82, 2.24) is 19.5 Å². The number of hydrogen-bond acceptors (Lipinski definition) is 6. The molecule has 192 valence electrons. The van der Waals surface area contributed by atoms with E-state index in [-0.39, 0.29) is 5.75 Å². The number of aromatic hydroxyl groups is 1. The zero-order valence-corrected chi connectivity index (χ0v) is 21.2. The third-order valence-electron chi connectivity index (χ3n) is 7.02. The van der Waals surface area contributed by atoms with Crippen LogP contribution in [0.4, 0.5) is 5.82 Å². The van der Waals surface area contributed by atoms with Gasteiger partial charge in [0.2, 0.25) is 0 Å². The highest BCUT2D eigenvalue weighted by atomic mass is 16.5. The molecule has 2 aromatic heterocycles. The third-order valence-corrected chi connectivity index (χ3v) is 7.02. The molecule has 3 heterocycles. The zero-order chi connectivity index (χ0) is 25.7. The molecular formula is C31H31N5O2. The molecule has 2 N–H and O–H groups in total. The van der Waals surface area contributed by atoms with E-state index in [2.05, 4.69) is 27.4 Å². The Hall–Kier alpha value is -4.36. The Morgan fingerprint density at radius 1 is 0.921 bits per heavy atom. The largest absolute Gasteiger partial charge is 0.507 e. The number of fused-ring (bicyclic) bond motifs is 1. The highest BCUT2D eigenvalue weighted by Crippen LogP contribution is 2.30. The van der Waals surface area contributed by atoms with E-state index in [4.69, 9.17) is 9.72 Å². The summed E-state index contributed by atoms with van der Waals surface area (Å²) in [6.07, 6.45) is 4.12. The number of phenols is 1. The highest BCUT2D eigenvalue weighted by Gasteiger charge is 2.21. The van der Waals surface area contributed by atoms with E-state index >= 15 is 0 Å². The second-order valence-corrected chi connectivity index (χ2v) is 9.83. The molecule has 7 nitrogen and oxygen atoms in total. The summed E-state index contributed by atoms with van der Waals surface area (Å²) < 4.78 is 7.76. The van der Waals surface area contributed by atoms with Crippen molar-refractivity contribution in [3.8, 4) is 28.5 Å². The summed E-state index contributed by atoms with van der Waals surface area (Å²) >= 11 is 0. The number of anilines is 1. The number of aromatic nitrogens is 3. The Morgan fingerprint density at radius 2 is 1.71 bits per heavy atom. The summed E-state index contributed by atoms with van der Waals surface area (Å²) in [4.78, 5) is 7.23. The Bertz CT molecular complexity index is 1500. The van der Waals surface area contributed by atoms with Crippen LogP contribution in [0.3, 0.4) is 0 Å². The van der Waals surface area contributed by atoms with Crippen molar-refractivity contribution in [2.45, 2.75) is 19.4 Å². The van der Waals surface area contributed by atoms with E-state index in [1.165, 1.54) is 18.4 Å². The zero-order valence-electron chi connectivity index (χ0n) is 21.2. The van der Waals surface area contributed by atoms with Gasteiger partial charge in [0.25, 0.3) is 0 Å². The minimum Gasteiger partial charge on any atom is -0.507 e. The molecule has 1 aliphatic heterocycles. The van der Waals surface area contributed by atoms with Gasteiger partial charge in [-0.2, -0.15) is 9.61 Å². The molecule has 5 aromatic rings. The second kappa shape index (κ2) is 10.9. The van der Waals surface area contributed by atoms with Crippen molar-refractivity contribution in [1.29, 1.82) is 0 Å². The normalized spacial score (nSPS) is 15.9. The maximum atomic E-state index is 10.3. The number of phenolic OH excluding ortho intramolecular Hbond substituents is 1. The number of hydrogen-bond donors (Lipinski definition) is 2. The molecule has 7 heteroatoms. The second-order valence-electron chi connectivity index (χ2n) is 9.83. The first-order valence-corrected chi connectivity index (χ1v) is 13.1. The van der Waals surface area contributed by atoms with Gasteiger partial charge in [-0.1, -0.05) is 42.5 Å². The number of nitrogens with one attached hydrogen (secondary N) is 1. The summed E-state index contributed by atoms with van der Waals surface area (Å²) in [6.45, 7) is 3.92. The lowest BCUT2D eigenvalue weighted by atomic mass is 9.97. The maximum Gasteiger partial charge on any atom is 0.157 e. The molecule has 1 unspecified atom stereocenters. The van der Waals surface area contributed by atoms with Gasteiger partial charge in [-0.05, 0) is 67.3 Å². The first-order valence-electron chi connectivity index (χ1n) is 13.1. The van der Waals surface area contributed by atoms with Gasteiger partial charge >= 0.3 is 0 Å². The number of benzene rings is 3. The van der Waals surface area contributed by atoms with Crippen LogP contribution in [0.25, 0.3) is 16.9 Å². The molecule has 0 radical (unpaired) electrons. The summed E-state index contributed by atoms with van der Waals surface area (Å²) in [5.74, 6) is 3.32. The van der Waals surface area contributed by atoms with E-state index < -0.39 is 0 Å². The van der Waals surface area contributed by atoms with Crippen molar-refractivity contribution in [3.05, 3.63) is 103 Å². The minimum atomic E-state index is 0.220. The molecule has 0 amide bonds. The lowest BCUT2D eigenvalue weighted by Gasteiger charge is -2.33. The number of likely N-dealkylation sites (tertiary alicyclic amines) is 1. The molecular weight excluding hydrogens is 474 g/mol. The van der Waals surface area contributed by atoms with Crippen LogP contribution < -0.4 is 10.1 Å². The number of rotatable bonds is 8. The molecule has 0 spiro atoms. The summed E-state index contributed by atoms with van der Waals surface area (Å²) in [5, 5.41) is 18.4. The van der Waals surface area contributed by atoms with Crippen LogP contribution >= 0.6 is 0 Å². The Labute approximate surface area is 222 Å². The van der Waals surface area contributed by atoms with Crippen LogP contribution in [-0.2, 0) is 6.54 Å². The van der Waals surface area contributed by atoms with Gasteiger partial charge in [-0.3, -0.25) is 4.90 Å². The van der Waals surface area contributed by atoms with E-state index in [9.17, 15) is 5.11 Å². The van der Waals surface area contributed by atoms with Crippen molar-refractivity contribution in [3.63, 3.8) is 0 Å². The molecule has 0 saturated carbocycles.